The second-order valence-corrected chi connectivity index (χ2v) is 8.39. The molecule has 0 atom stereocenters. The molecule has 1 aliphatic rings. The number of fused-ring (bicyclic) bond motifs is 1. The minimum Gasteiger partial charge on any atom is -0.482 e. The minimum absolute atomic E-state index is 0.176. The highest BCUT2D eigenvalue weighted by Crippen LogP contribution is 2.31. The van der Waals surface area contributed by atoms with Crippen molar-refractivity contribution in [3.05, 3.63) is 52.0 Å². The fourth-order valence-electron chi connectivity index (χ4n) is 2.73. The molecular weight excluding hydrogens is 399 g/mol. The van der Waals surface area contributed by atoms with Gasteiger partial charge in [-0.1, -0.05) is 23.2 Å². The molecule has 9 heteroatoms. The summed E-state index contributed by atoms with van der Waals surface area (Å²) in [6, 6.07) is 9.47. The number of ether oxygens (including phenoxy) is 1. The summed E-state index contributed by atoms with van der Waals surface area (Å²) in [4.78, 5) is 14.3. The lowest BCUT2D eigenvalue weighted by atomic mass is 10.2. The Morgan fingerprint density at radius 3 is 2.73 bits per heavy atom. The number of sulfonamides is 1. The number of carbonyl (C=O) groups is 1. The van der Waals surface area contributed by atoms with Crippen molar-refractivity contribution in [3.8, 4) is 5.75 Å². The van der Waals surface area contributed by atoms with E-state index in [1.165, 1.54) is 13.1 Å². The van der Waals surface area contributed by atoms with Crippen LogP contribution >= 0.6 is 23.2 Å². The SMILES string of the molecule is CNS(=O)(=O)c1ccc2c(c1)CCN2C(=O)COc1cc(Cl)ccc1Cl. The average Bonchev–Trinajstić information content (AvgIpc) is 3.05. The van der Waals surface area contributed by atoms with Crippen molar-refractivity contribution in [1.82, 2.24) is 4.72 Å². The molecule has 1 aliphatic heterocycles. The van der Waals surface area contributed by atoms with Crippen molar-refractivity contribution in [1.29, 1.82) is 0 Å². The number of amides is 1. The molecule has 26 heavy (non-hydrogen) atoms. The van der Waals surface area contributed by atoms with Crippen LogP contribution in [-0.2, 0) is 21.2 Å². The van der Waals surface area contributed by atoms with E-state index in [-0.39, 0.29) is 17.4 Å². The lowest BCUT2D eigenvalue weighted by Crippen LogP contribution is -2.33. The van der Waals surface area contributed by atoms with E-state index < -0.39 is 10.0 Å². The molecule has 0 unspecified atom stereocenters. The van der Waals surface area contributed by atoms with Crippen molar-refractivity contribution in [2.24, 2.45) is 0 Å². The summed E-state index contributed by atoms with van der Waals surface area (Å²) in [5.41, 5.74) is 1.49. The van der Waals surface area contributed by atoms with E-state index >= 15 is 0 Å². The molecule has 138 valence electrons. The first-order valence-corrected chi connectivity index (χ1v) is 10.0. The Morgan fingerprint density at radius 2 is 2.00 bits per heavy atom. The Bertz CT molecular complexity index is 963. The molecule has 0 aromatic heterocycles. The number of halogens is 2. The van der Waals surface area contributed by atoms with Gasteiger partial charge in [0.1, 0.15) is 5.75 Å². The standard InChI is InChI=1S/C17H16Cl2N2O4S/c1-20-26(23,24)13-3-5-15-11(8-13)6-7-21(15)17(22)10-25-16-9-12(18)2-4-14(16)19/h2-5,8-9,20H,6-7,10H2,1H3. The Balaban J connectivity index is 1.74. The van der Waals surface area contributed by atoms with Crippen LogP contribution in [0.1, 0.15) is 5.56 Å². The van der Waals surface area contributed by atoms with E-state index in [2.05, 4.69) is 4.72 Å². The maximum atomic E-state index is 12.5. The third-order valence-electron chi connectivity index (χ3n) is 4.07. The molecule has 1 amide bonds. The number of hydrogen-bond donors (Lipinski definition) is 1. The lowest BCUT2D eigenvalue weighted by molar-refractivity contribution is -0.120. The van der Waals surface area contributed by atoms with Gasteiger partial charge in [-0.15, -0.1) is 0 Å². The second-order valence-electron chi connectivity index (χ2n) is 5.66. The summed E-state index contributed by atoms with van der Waals surface area (Å²) < 4.78 is 31.6. The van der Waals surface area contributed by atoms with Crippen LogP contribution in [0.25, 0.3) is 0 Å². The Kier molecular flexibility index (Phi) is 5.43. The van der Waals surface area contributed by atoms with Gasteiger partial charge in [0.15, 0.2) is 6.61 Å². The number of benzene rings is 2. The molecule has 1 N–H and O–H groups in total. The van der Waals surface area contributed by atoms with E-state index in [0.717, 1.165) is 5.56 Å². The van der Waals surface area contributed by atoms with Gasteiger partial charge in [-0.3, -0.25) is 4.79 Å². The van der Waals surface area contributed by atoms with E-state index in [1.54, 1.807) is 35.2 Å². The molecule has 0 saturated heterocycles. The first kappa shape index (κ1) is 19.0. The molecule has 1 heterocycles. The largest absolute Gasteiger partial charge is 0.482 e. The maximum absolute atomic E-state index is 12.5. The van der Waals surface area contributed by atoms with Crippen LogP contribution < -0.4 is 14.4 Å². The quantitative estimate of drug-likeness (QED) is 0.815. The second kappa shape index (κ2) is 7.44. The monoisotopic (exact) mass is 414 g/mol. The number of hydrogen-bond acceptors (Lipinski definition) is 4. The smallest absolute Gasteiger partial charge is 0.264 e. The molecule has 2 aromatic rings. The van der Waals surface area contributed by atoms with Gasteiger partial charge in [0.05, 0.1) is 9.92 Å². The summed E-state index contributed by atoms with van der Waals surface area (Å²) in [6.07, 6.45) is 0.575. The zero-order valence-corrected chi connectivity index (χ0v) is 16.2. The van der Waals surface area contributed by atoms with E-state index in [9.17, 15) is 13.2 Å². The topological polar surface area (TPSA) is 75.7 Å². The average molecular weight is 415 g/mol. The lowest BCUT2D eigenvalue weighted by Gasteiger charge is -2.18. The first-order valence-electron chi connectivity index (χ1n) is 7.76. The molecule has 0 bridgehead atoms. The van der Waals surface area contributed by atoms with Crippen LogP contribution in [0.2, 0.25) is 10.0 Å². The van der Waals surface area contributed by atoms with Crippen LogP contribution in [0.5, 0.6) is 5.75 Å². The van der Waals surface area contributed by atoms with Crippen LogP contribution in [0.15, 0.2) is 41.3 Å². The van der Waals surface area contributed by atoms with Crippen molar-refractivity contribution in [3.63, 3.8) is 0 Å². The fraction of sp³-hybridized carbons (Fsp3) is 0.235. The Morgan fingerprint density at radius 1 is 1.23 bits per heavy atom. The molecule has 0 fully saturated rings. The zero-order chi connectivity index (χ0) is 18.9. The Labute approximate surface area is 161 Å². The summed E-state index contributed by atoms with van der Waals surface area (Å²) >= 11 is 11.9. The van der Waals surface area contributed by atoms with Crippen molar-refractivity contribution >= 4 is 44.8 Å². The minimum atomic E-state index is -3.52. The molecular formula is C17H16Cl2N2O4S. The maximum Gasteiger partial charge on any atom is 0.264 e. The van der Waals surface area contributed by atoms with Gasteiger partial charge in [0, 0.05) is 23.3 Å². The summed E-state index contributed by atoms with van der Waals surface area (Å²) in [7, 11) is -2.16. The molecule has 2 aromatic carbocycles. The van der Waals surface area contributed by atoms with Crippen LogP contribution in [0.4, 0.5) is 5.69 Å². The third-order valence-corrected chi connectivity index (χ3v) is 6.03. The number of rotatable bonds is 5. The normalized spacial score (nSPS) is 13.6. The first-order chi connectivity index (χ1) is 12.3. The molecule has 3 rings (SSSR count). The van der Waals surface area contributed by atoms with Gasteiger partial charge < -0.3 is 9.64 Å². The van der Waals surface area contributed by atoms with E-state index in [1.807, 2.05) is 0 Å². The van der Waals surface area contributed by atoms with Gasteiger partial charge in [0.2, 0.25) is 10.0 Å². The highest BCUT2D eigenvalue weighted by Gasteiger charge is 2.26. The number of nitrogens with zero attached hydrogens (tertiary/aromatic N) is 1. The number of nitrogens with one attached hydrogen (secondary N) is 1. The fourth-order valence-corrected chi connectivity index (χ4v) is 3.84. The van der Waals surface area contributed by atoms with E-state index in [0.29, 0.717) is 34.4 Å². The van der Waals surface area contributed by atoms with Gasteiger partial charge in [-0.25, -0.2) is 13.1 Å². The molecule has 0 aliphatic carbocycles. The summed E-state index contributed by atoms with van der Waals surface area (Å²) in [5, 5.41) is 0.826. The highest BCUT2D eigenvalue weighted by molar-refractivity contribution is 7.89. The van der Waals surface area contributed by atoms with Crippen molar-refractivity contribution in [2.45, 2.75) is 11.3 Å². The predicted octanol–water partition coefficient (Wildman–Crippen LogP) is 2.87. The van der Waals surface area contributed by atoms with Gasteiger partial charge in [-0.2, -0.15) is 0 Å². The van der Waals surface area contributed by atoms with Gasteiger partial charge in [-0.05, 0) is 49.4 Å². The van der Waals surface area contributed by atoms with Gasteiger partial charge in [0.25, 0.3) is 5.91 Å². The summed E-state index contributed by atoms with van der Waals surface area (Å²) in [6.45, 7) is 0.264. The molecule has 6 nitrogen and oxygen atoms in total. The molecule has 0 radical (unpaired) electrons. The van der Waals surface area contributed by atoms with Crippen LogP contribution in [-0.4, -0.2) is 34.5 Å². The van der Waals surface area contributed by atoms with E-state index in [4.69, 9.17) is 27.9 Å². The predicted molar refractivity (Wildman–Crippen MR) is 101 cm³/mol. The number of carbonyl (C=O) groups excluding carboxylic acids is 1. The highest BCUT2D eigenvalue weighted by atomic mass is 35.5. The van der Waals surface area contributed by atoms with Gasteiger partial charge >= 0.3 is 0 Å². The molecule has 0 saturated carbocycles. The third kappa shape index (κ3) is 3.81. The molecule has 0 spiro atoms. The van der Waals surface area contributed by atoms with Crippen LogP contribution in [0.3, 0.4) is 0 Å². The summed E-state index contributed by atoms with van der Waals surface area (Å²) in [5.74, 6) is 0.0893. The van der Waals surface area contributed by atoms with Crippen LogP contribution in [0, 0.1) is 0 Å². The zero-order valence-electron chi connectivity index (χ0n) is 13.8. The number of anilines is 1. The Hall–Kier alpha value is -1.80. The van der Waals surface area contributed by atoms with Crippen molar-refractivity contribution < 1.29 is 17.9 Å². The van der Waals surface area contributed by atoms with Crippen molar-refractivity contribution in [2.75, 3.05) is 25.1 Å².